The summed E-state index contributed by atoms with van der Waals surface area (Å²) < 4.78 is 1.93. The number of nitrogens with zero attached hydrogens (tertiary/aromatic N) is 6. The van der Waals surface area contributed by atoms with Gasteiger partial charge in [-0.1, -0.05) is 42.3 Å². The van der Waals surface area contributed by atoms with E-state index in [9.17, 15) is 4.79 Å². The van der Waals surface area contributed by atoms with Crippen LogP contribution in [-0.2, 0) is 4.79 Å². The first-order valence-corrected chi connectivity index (χ1v) is 11.7. The van der Waals surface area contributed by atoms with Crippen molar-refractivity contribution in [3.05, 3.63) is 48.3 Å². The van der Waals surface area contributed by atoms with E-state index in [0.717, 1.165) is 35.3 Å². The summed E-state index contributed by atoms with van der Waals surface area (Å²) in [6.45, 7) is 4.18. The van der Waals surface area contributed by atoms with Gasteiger partial charge in [-0.2, -0.15) is 5.10 Å². The number of rotatable bonds is 6. The second-order valence-corrected chi connectivity index (χ2v) is 9.27. The van der Waals surface area contributed by atoms with Crippen LogP contribution in [0.5, 0.6) is 0 Å². The van der Waals surface area contributed by atoms with Gasteiger partial charge in [-0.15, -0.1) is 0 Å². The lowest BCUT2D eigenvalue weighted by Crippen LogP contribution is -2.37. The second kappa shape index (κ2) is 8.94. The summed E-state index contributed by atoms with van der Waals surface area (Å²) in [6, 6.07) is 8.94. The number of amides is 1. The van der Waals surface area contributed by atoms with Crippen LogP contribution in [0, 0.1) is 6.92 Å². The van der Waals surface area contributed by atoms with Gasteiger partial charge < -0.3 is 10.6 Å². The first-order chi connectivity index (χ1) is 16.0. The van der Waals surface area contributed by atoms with Gasteiger partial charge in [-0.05, 0) is 33.2 Å². The fraction of sp³-hybridized carbons (Fsp3) is 0.440. The molecule has 1 amide bonds. The normalized spacial score (nSPS) is 19.1. The standard InChI is InChI=1S/C25H31N7O/c1-17-8-10-18(11-9-17)23-22-24(26)27-16-28-25(22)32(29-23)20-12-14-31(15-20)21(33)7-4-13-30(2)19-5-3-6-19/h4,7-11,16,19-20H,3,5-6,12-15H2,1-2H3,(H2,26,27,28)/b7-4+. The van der Waals surface area contributed by atoms with Crippen molar-refractivity contribution < 1.29 is 4.79 Å². The highest BCUT2D eigenvalue weighted by Gasteiger charge is 2.30. The molecule has 2 aromatic heterocycles. The van der Waals surface area contributed by atoms with Gasteiger partial charge in [-0.3, -0.25) is 9.69 Å². The number of hydrogen-bond acceptors (Lipinski definition) is 6. The fourth-order valence-corrected chi connectivity index (χ4v) is 4.71. The first kappa shape index (κ1) is 21.6. The van der Waals surface area contributed by atoms with Crippen LogP contribution >= 0.6 is 0 Å². The van der Waals surface area contributed by atoms with E-state index in [1.807, 2.05) is 27.8 Å². The van der Waals surface area contributed by atoms with E-state index in [4.69, 9.17) is 10.8 Å². The fourth-order valence-electron chi connectivity index (χ4n) is 4.71. The summed E-state index contributed by atoms with van der Waals surface area (Å²) in [4.78, 5) is 25.7. The maximum atomic E-state index is 12.8. The van der Waals surface area contributed by atoms with E-state index >= 15 is 0 Å². The van der Waals surface area contributed by atoms with E-state index in [-0.39, 0.29) is 11.9 Å². The van der Waals surface area contributed by atoms with Gasteiger partial charge in [0.1, 0.15) is 17.8 Å². The molecule has 8 heteroatoms. The van der Waals surface area contributed by atoms with E-state index < -0.39 is 0 Å². The molecule has 33 heavy (non-hydrogen) atoms. The van der Waals surface area contributed by atoms with Crippen molar-refractivity contribution in [1.29, 1.82) is 0 Å². The van der Waals surface area contributed by atoms with Gasteiger partial charge in [0.25, 0.3) is 0 Å². The molecule has 1 saturated carbocycles. The highest BCUT2D eigenvalue weighted by molar-refractivity contribution is 5.98. The van der Waals surface area contributed by atoms with Crippen LogP contribution in [0.25, 0.3) is 22.3 Å². The van der Waals surface area contributed by atoms with Gasteiger partial charge >= 0.3 is 0 Å². The molecule has 3 heterocycles. The number of carbonyl (C=O) groups excluding carboxylic acids is 1. The third-order valence-corrected chi connectivity index (χ3v) is 7.02. The zero-order chi connectivity index (χ0) is 22.9. The lowest BCUT2D eigenvalue weighted by molar-refractivity contribution is -0.125. The van der Waals surface area contributed by atoms with E-state index in [1.54, 1.807) is 6.08 Å². The molecule has 1 saturated heterocycles. The average Bonchev–Trinajstić information content (AvgIpc) is 3.39. The van der Waals surface area contributed by atoms with Crippen LogP contribution in [0.2, 0.25) is 0 Å². The Morgan fingerprint density at radius 1 is 1.21 bits per heavy atom. The Hall–Kier alpha value is -3.26. The Morgan fingerprint density at radius 2 is 2.00 bits per heavy atom. The van der Waals surface area contributed by atoms with Gasteiger partial charge in [0.2, 0.25) is 5.91 Å². The molecule has 5 rings (SSSR count). The van der Waals surface area contributed by atoms with Crippen molar-refractivity contribution in [2.75, 3.05) is 32.4 Å². The molecule has 2 aliphatic rings. The van der Waals surface area contributed by atoms with Crippen molar-refractivity contribution in [1.82, 2.24) is 29.5 Å². The highest BCUT2D eigenvalue weighted by atomic mass is 16.2. The Morgan fingerprint density at radius 3 is 2.73 bits per heavy atom. The van der Waals surface area contributed by atoms with Gasteiger partial charge in [-0.25, -0.2) is 14.6 Å². The summed E-state index contributed by atoms with van der Waals surface area (Å²) in [6.07, 6.45) is 9.86. The predicted molar refractivity (Wildman–Crippen MR) is 130 cm³/mol. The number of nitrogen functional groups attached to an aromatic ring is 1. The van der Waals surface area contributed by atoms with Crippen molar-refractivity contribution >= 4 is 22.8 Å². The number of fused-ring (bicyclic) bond motifs is 1. The molecule has 1 aliphatic heterocycles. The van der Waals surface area contributed by atoms with E-state index in [1.165, 1.54) is 31.2 Å². The third kappa shape index (κ3) is 4.23. The minimum absolute atomic E-state index is 0.0519. The zero-order valence-electron chi connectivity index (χ0n) is 19.3. The zero-order valence-corrected chi connectivity index (χ0v) is 19.3. The molecule has 8 nitrogen and oxygen atoms in total. The molecule has 2 fully saturated rings. The molecular weight excluding hydrogens is 414 g/mol. The minimum Gasteiger partial charge on any atom is -0.383 e. The number of anilines is 1. The number of likely N-dealkylation sites (N-methyl/N-ethyl adjacent to an activating group) is 1. The molecule has 3 aromatic rings. The summed E-state index contributed by atoms with van der Waals surface area (Å²) in [5, 5.41) is 5.69. The van der Waals surface area contributed by atoms with Crippen LogP contribution in [0.4, 0.5) is 5.82 Å². The van der Waals surface area contributed by atoms with Crippen LogP contribution in [0.3, 0.4) is 0 Å². The maximum Gasteiger partial charge on any atom is 0.246 e. The van der Waals surface area contributed by atoms with Crippen LogP contribution in [0.1, 0.15) is 37.3 Å². The molecule has 0 spiro atoms. The number of aromatic nitrogens is 4. The molecule has 2 N–H and O–H groups in total. The Bertz CT molecular complexity index is 1180. The average molecular weight is 446 g/mol. The van der Waals surface area contributed by atoms with Crippen molar-refractivity contribution in [2.24, 2.45) is 0 Å². The van der Waals surface area contributed by atoms with Crippen molar-refractivity contribution in [3.8, 4) is 11.3 Å². The number of benzene rings is 1. The largest absolute Gasteiger partial charge is 0.383 e. The molecular formula is C25H31N7O. The molecule has 172 valence electrons. The summed E-state index contributed by atoms with van der Waals surface area (Å²) in [7, 11) is 2.13. The number of hydrogen-bond donors (Lipinski definition) is 1. The quantitative estimate of drug-likeness (QED) is 0.586. The number of nitrogens with two attached hydrogens (primary N) is 1. The molecule has 1 aliphatic carbocycles. The molecule has 0 radical (unpaired) electrons. The monoisotopic (exact) mass is 445 g/mol. The van der Waals surface area contributed by atoms with Crippen LogP contribution in [-0.4, -0.2) is 68.2 Å². The minimum atomic E-state index is 0.0519. The van der Waals surface area contributed by atoms with E-state index in [0.29, 0.717) is 24.9 Å². The Kier molecular flexibility index (Phi) is 5.85. The van der Waals surface area contributed by atoms with Crippen molar-refractivity contribution in [3.63, 3.8) is 0 Å². The molecule has 1 unspecified atom stereocenters. The topological polar surface area (TPSA) is 93.2 Å². The lowest BCUT2D eigenvalue weighted by Gasteiger charge is -2.33. The van der Waals surface area contributed by atoms with Gasteiger partial charge in [0.05, 0.1) is 11.4 Å². The molecule has 1 aromatic carbocycles. The Balaban J connectivity index is 1.34. The predicted octanol–water partition coefficient (Wildman–Crippen LogP) is 3.20. The summed E-state index contributed by atoms with van der Waals surface area (Å²) in [5.41, 5.74) is 9.91. The second-order valence-electron chi connectivity index (χ2n) is 9.27. The number of carbonyl (C=O) groups is 1. The summed E-state index contributed by atoms with van der Waals surface area (Å²) >= 11 is 0. The third-order valence-electron chi connectivity index (χ3n) is 7.02. The van der Waals surface area contributed by atoms with Crippen LogP contribution in [0.15, 0.2) is 42.7 Å². The smallest absolute Gasteiger partial charge is 0.246 e. The van der Waals surface area contributed by atoms with E-state index in [2.05, 4.69) is 41.0 Å². The van der Waals surface area contributed by atoms with Gasteiger partial charge in [0, 0.05) is 37.3 Å². The number of aryl methyl sites for hydroxylation is 1. The molecule has 0 bridgehead atoms. The Labute approximate surface area is 194 Å². The van der Waals surface area contributed by atoms with Gasteiger partial charge in [0.15, 0.2) is 5.65 Å². The summed E-state index contributed by atoms with van der Waals surface area (Å²) in [5.74, 6) is 0.482. The number of likely N-dealkylation sites (tertiary alicyclic amines) is 1. The lowest BCUT2D eigenvalue weighted by atomic mass is 9.92. The molecule has 1 atom stereocenters. The highest BCUT2D eigenvalue weighted by Crippen LogP contribution is 2.34. The SMILES string of the molecule is Cc1ccc(-c2nn(C3CCN(C(=O)/C=C/CN(C)C4CCC4)C3)c3ncnc(N)c23)cc1. The first-order valence-electron chi connectivity index (χ1n) is 11.7. The van der Waals surface area contributed by atoms with Crippen molar-refractivity contribution in [2.45, 2.75) is 44.7 Å². The maximum absolute atomic E-state index is 12.8. The van der Waals surface area contributed by atoms with Crippen LogP contribution < -0.4 is 5.73 Å².